The van der Waals surface area contributed by atoms with Crippen LogP contribution in [-0.2, 0) is 0 Å². The molecule has 2 unspecified atom stereocenters. The molecule has 1 heterocycles. The third kappa shape index (κ3) is 7.96. The van der Waals surface area contributed by atoms with Crippen molar-refractivity contribution in [1.29, 1.82) is 0 Å². The van der Waals surface area contributed by atoms with Gasteiger partial charge in [0, 0.05) is 22.5 Å². The third-order valence-electron chi connectivity index (χ3n) is 3.62. The molecule has 1 rings (SSSR count). The van der Waals surface area contributed by atoms with Crippen LogP contribution in [0.3, 0.4) is 0 Å². The predicted molar refractivity (Wildman–Crippen MR) is 86.8 cm³/mol. The van der Waals surface area contributed by atoms with Crippen molar-refractivity contribution in [1.82, 2.24) is 0 Å². The van der Waals surface area contributed by atoms with Gasteiger partial charge in [-0.15, -0.1) is 0 Å². The summed E-state index contributed by atoms with van der Waals surface area (Å²) >= 11 is 3.98. The number of thioether (sulfide) groups is 2. The highest BCUT2D eigenvalue weighted by atomic mass is 32.2. The maximum absolute atomic E-state index is 10.1. The van der Waals surface area contributed by atoms with Gasteiger partial charge >= 0.3 is 0 Å². The first kappa shape index (κ1) is 16.7. The lowest BCUT2D eigenvalue weighted by molar-refractivity contribution is 0.163. The summed E-state index contributed by atoms with van der Waals surface area (Å²) in [6.07, 6.45) is 11.8. The van der Waals surface area contributed by atoms with Crippen molar-refractivity contribution in [2.24, 2.45) is 0 Å². The monoisotopic (exact) mass is 290 g/mol. The van der Waals surface area contributed by atoms with E-state index in [0.29, 0.717) is 5.25 Å². The standard InChI is InChI=1S/C15H30OS2/c1-2-3-4-5-6-7-8-9-10-14(16)15-13-17-11-12-18-15/h14-16H,2-13H2,1H3. The summed E-state index contributed by atoms with van der Waals surface area (Å²) in [5, 5.41) is 10.6. The fourth-order valence-corrected chi connectivity index (χ4v) is 5.21. The summed E-state index contributed by atoms with van der Waals surface area (Å²) in [5.41, 5.74) is 0. The molecule has 1 saturated heterocycles. The molecule has 1 aliphatic rings. The molecule has 0 aromatic carbocycles. The van der Waals surface area contributed by atoms with E-state index in [-0.39, 0.29) is 6.10 Å². The van der Waals surface area contributed by atoms with Gasteiger partial charge in [-0.2, -0.15) is 23.5 Å². The molecule has 0 aromatic rings. The van der Waals surface area contributed by atoms with Crippen LogP contribution in [0.25, 0.3) is 0 Å². The molecule has 0 radical (unpaired) electrons. The molecule has 0 spiro atoms. The smallest absolute Gasteiger partial charge is 0.0666 e. The van der Waals surface area contributed by atoms with Gasteiger partial charge in [0.05, 0.1) is 6.10 Å². The Morgan fingerprint density at radius 1 is 1.00 bits per heavy atom. The van der Waals surface area contributed by atoms with Crippen molar-refractivity contribution < 1.29 is 5.11 Å². The zero-order valence-corrected chi connectivity index (χ0v) is 13.5. The molecular formula is C15H30OS2. The first-order valence-corrected chi connectivity index (χ1v) is 9.92. The quantitative estimate of drug-likeness (QED) is 0.588. The van der Waals surface area contributed by atoms with Crippen LogP contribution < -0.4 is 0 Å². The van der Waals surface area contributed by atoms with Gasteiger partial charge in [0.15, 0.2) is 0 Å². The van der Waals surface area contributed by atoms with E-state index in [4.69, 9.17) is 0 Å². The minimum absolute atomic E-state index is 0.0529. The molecule has 1 N–H and O–H groups in total. The lowest BCUT2D eigenvalue weighted by Gasteiger charge is -2.25. The summed E-state index contributed by atoms with van der Waals surface area (Å²) in [7, 11) is 0. The van der Waals surface area contributed by atoms with Crippen LogP contribution in [0.1, 0.15) is 64.7 Å². The Morgan fingerprint density at radius 3 is 2.28 bits per heavy atom. The highest BCUT2D eigenvalue weighted by Gasteiger charge is 2.21. The minimum atomic E-state index is -0.0529. The van der Waals surface area contributed by atoms with E-state index in [9.17, 15) is 5.11 Å². The van der Waals surface area contributed by atoms with Gasteiger partial charge in [0.25, 0.3) is 0 Å². The number of rotatable bonds is 10. The Balaban J connectivity index is 1.87. The van der Waals surface area contributed by atoms with Crippen LogP contribution in [0.15, 0.2) is 0 Å². The molecule has 0 amide bonds. The summed E-state index contributed by atoms with van der Waals surface area (Å²) in [5.74, 6) is 3.65. The van der Waals surface area contributed by atoms with E-state index >= 15 is 0 Å². The maximum atomic E-state index is 10.1. The van der Waals surface area contributed by atoms with Gasteiger partial charge < -0.3 is 5.11 Å². The van der Waals surface area contributed by atoms with Gasteiger partial charge in [0.2, 0.25) is 0 Å². The van der Waals surface area contributed by atoms with Crippen molar-refractivity contribution in [3.63, 3.8) is 0 Å². The average Bonchev–Trinajstić information content (AvgIpc) is 2.42. The molecule has 0 aliphatic carbocycles. The van der Waals surface area contributed by atoms with E-state index in [2.05, 4.69) is 6.92 Å². The van der Waals surface area contributed by atoms with Crippen LogP contribution in [0.5, 0.6) is 0 Å². The molecule has 1 fully saturated rings. The zero-order chi connectivity index (χ0) is 13.1. The van der Waals surface area contributed by atoms with Crippen LogP contribution in [0.2, 0.25) is 0 Å². The van der Waals surface area contributed by atoms with Gasteiger partial charge in [-0.05, 0) is 6.42 Å². The van der Waals surface area contributed by atoms with Crippen molar-refractivity contribution in [3.8, 4) is 0 Å². The molecule has 1 nitrogen and oxygen atoms in total. The van der Waals surface area contributed by atoms with E-state index in [1.807, 2.05) is 23.5 Å². The summed E-state index contributed by atoms with van der Waals surface area (Å²) in [6.45, 7) is 2.27. The topological polar surface area (TPSA) is 20.2 Å². The number of unbranched alkanes of at least 4 members (excludes halogenated alkanes) is 7. The molecule has 3 heteroatoms. The molecule has 0 saturated carbocycles. The van der Waals surface area contributed by atoms with E-state index in [1.54, 1.807) is 0 Å². The van der Waals surface area contributed by atoms with Crippen LogP contribution in [0, 0.1) is 0 Å². The Kier molecular flexibility index (Phi) is 10.7. The highest BCUT2D eigenvalue weighted by Crippen LogP contribution is 2.28. The Hall–Kier alpha value is 0.660. The second kappa shape index (κ2) is 11.5. The Labute approximate surface area is 122 Å². The number of aliphatic hydroxyl groups excluding tert-OH is 1. The predicted octanol–water partition coefficient (Wildman–Crippen LogP) is 4.73. The maximum Gasteiger partial charge on any atom is 0.0666 e. The molecule has 2 atom stereocenters. The molecule has 18 heavy (non-hydrogen) atoms. The largest absolute Gasteiger partial charge is 0.392 e. The summed E-state index contributed by atoms with van der Waals surface area (Å²) in [4.78, 5) is 0. The summed E-state index contributed by atoms with van der Waals surface area (Å²) in [6, 6.07) is 0. The molecule has 1 aliphatic heterocycles. The molecule has 0 aromatic heterocycles. The fraction of sp³-hybridized carbons (Fsp3) is 1.00. The lowest BCUT2D eigenvalue weighted by Crippen LogP contribution is -2.28. The van der Waals surface area contributed by atoms with Crippen molar-refractivity contribution >= 4 is 23.5 Å². The van der Waals surface area contributed by atoms with E-state index in [0.717, 1.165) is 12.2 Å². The van der Waals surface area contributed by atoms with E-state index < -0.39 is 0 Å². The second-order valence-corrected chi connectivity index (χ2v) is 7.81. The molecular weight excluding hydrogens is 260 g/mol. The van der Waals surface area contributed by atoms with Crippen molar-refractivity contribution in [2.75, 3.05) is 17.3 Å². The lowest BCUT2D eigenvalue weighted by atomic mass is 10.0. The van der Waals surface area contributed by atoms with Crippen LogP contribution >= 0.6 is 23.5 Å². The zero-order valence-electron chi connectivity index (χ0n) is 11.9. The highest BCUT2D eigenvalue weighted by molar-refractivity contribution is 8.06. The first-order valence-electron chi connectivity index (χ1n) is 7.72. The van der Waals surface area contributed by atoms with Gasteiger partial charge in [0.1, 0.15) is 0 Å². The second-order valence-electron chi connectivity index (χ2n) is 5.32. The third-order valence-corrected chi connectivity index (χ3v) is 6.53. The fourth-order valence-electron chi connectivity index (χ4n) is 2.40. The molecule has 108 valence electrons. The molecule has 0 bridgehead atoms. The number of aliphatic hydroxyl groups is 1. The van der Waals surface area contributed by atoms with E-state index in [1.165, 1.54) is 62.9 Å². The number of hydrogen-bond donors (Lipinski definition) is 1. The minimum Gasteiger partial charge on any atom is -0.392 e. The number of hydrogen-bond acceptors (Lipinski definition) is 3. The van der Waals surface area contributed by atoms with Gasteiger partial charge in [-0.1, -0.05) is 58.3 Å². The van der Waals surface area contributed by atoms with Crippen molar-refractivity contribution in [2.45, 2.75) is 76.1 Å². The van der Waals surface area contributed by atoms with Gasteiger partial charge in [-0.3, -0.25) is 0 Å². The average molecular weight is 291 g/mol. The normalized spacial score (nSPS) is 22.0. The van der Waals surface area contributed by atoms with Crippen LogP contribution in [-0.4, -0.2) is 33.7 Å². The SMILES string of the molecule is CCCCCCCCCCC(O)C1CSCCS1. The van der Waals surface area contributed by atoms with Crippen molar-refractivity contribution in [3.05, 3.63) is 0 Å². The Bertz CT molecular complexity index is 181. The first-order chi connectivity index (χ1) is 8.84. The summed E-state index contributed by atoms with van der Waals surface area (Å²) < 4.78 is 0. The van der Waals surface area contributed by atoms with Gasteiger partial charge in [-0.25, -0.2) is 0 Å². The van der Waals surface area contributed by atoms with Crippen LogP contribution in [0.4, 0.5) is 0 Å². The Morgan fingerprint density at radius 2 is 1.67 bits per heavy atom.